The first-order valence-corrected chi connectivity index (χ1v) is 9.63. The number of carboxylic acid groups (broad SMARTS) is 1. The number of hydrogen-bond acceptors (Lipinski definition) is 8. The van der Waals surface area contributed by atoms with E-state index in [0.29, 0.717) is 5.56 Å². The maximum absolute atomic E-state index is 12.8. The lowest BCUT2D eigenvalue weighted by Crippen LogP contribution is -2.47. The average molecular weight is 440 g/mol. The second-order valence-electron chi connectivity index (χ2n) is 5.94. The number of hydrogen-bond donors (Lipinski definition) is 3. The molecule has 1 fully saturated rings. The number of phenols is 1. The van der Waals surface area contributed by atoms with Gasteiger partial charge in [0.15, 0.2) is 11.5 Å². The Morgan fingerprint density at radius 3 is 2.41 bits per heavy atom. The van der Waals surface area contributed by atoms with Gasteiger partial charge in [0.25, 0.3) is 5.91 Å². The summed E-state index contributed by atoms with van der Waals surface area (Å²) in [5, 5.41) is 21.1. The van der Waals surface area contributed by atoms with Gasteiger partial charge in [0, 0.05) is 6.54 Å². The van der Waals surface area contributed by atoms with Crippen molar-refractivity contribution < 1.29 is 34.1 Å². The summed E-state index contributed by atoms with van der Waals surface area (Å²) in [6.07, 6.45) is 1.33. The Bertz CT molecular complexity index is 860. The fourth-order valence-electron chi connectivity index (χ4n) is 2.52. The second kappa shape index (κ2) is 9.61. The third-order valence-electron chi connectivity index (χ3n) is 4.03. The van der Waals surface area contributed by atoms with Crippen LogP contribution in [0.3, 0.4) is 0 Å². The minimum Gasteiger partial charge on any atom is -0.502 e. The number of phenolic OH excluding ortho intramolecular Hbond substituents is 1. The maximum atomic E-state index is 12.8. The fraction of sp³-hybridized carbons (Fsp3) is 0.333. The third-order valence-corrected chi connectivity index (χ3v) is 5.36. The number of thioether (sulfide) groups is 1. The van der Waals surface area contributed by atoms with E-state index in [2.05, 4.69) is 5.32 Å². The van der Waals surface area contributed by atoms with E-state index in [0.717, 1.165) is 11.8 Å². The first-order valence-electron chi connectivity index (χ1n) is 8.41. The number of aliphatic carboxylic acids is 1. The van der Waals surface area contributed by atoms with E-state index in [1.165, 1.54) is 38.2 Å². The Kier molecular flexibility index (Phi) is 7.46. The van der Waals surface area contributed by atoms with Gasteiger partial charge < -0.3 is 25.0 Å². The molecule has 1 aliphatic heterocycles. The fourth-order valence-corrected chi connectivity index (χ4v) is 3.94. The molecule has 156 valence electrons. The van der Waals surface area contributed by atoms with E-state index in [9.17, 15) is 19.5 Å². The van der Waals surface area contributed by atoms with Gasteiger partial charge >= 0.3 is 5.97 Å². The van der Waals surface area contributed by atoms with Crippen molar-refractivity contribution in [2.45, 2.75) is 19.4 Å². The van der Waals surface area contributed by atoms with Gasteiger partial charge in [-0.15, -0.1) is 0 Å². The highest BCUT2D eigenvalue weighted by molar-refractivity contribution is 8.26. The molecule has 11 heteroatoms. The zero-order valence-electron chi connectivity index (χ0n) is 15.9. The van der Waals surface area contributed by atoms with Gasteiger partial charge in [-0.25, -0.2) is 0 Å². The van der Waals surface area contributed by atoms with Crippen LogP contribution < -0.4 is 14.8 Å². The first kappa shape index (κ1) is 22.5. The number of nitrogens with zero attached hydrogens (tertiary/aromatic N) is 1. The quantitative estimate of drug-likeness (QED) is 0.408. The molecule has 0 bridgehead atoms. The highest BCUT2D eigenvalue weighted by Gasteiger charge is 2.38. The highest BCUT2D eigenvalue weighted by Crippen LogP contribution is 2.39. The lowest BCUT2D eigenvalue weighted by atomic mass is 10.1. The number of carbonyl (C=O) groups is 3. The van der Waals surface area contributed by atoms with Crippen molar-refractivity contribution in [3.63, 3.8) is 0 Å². The molecular formula is C18H20N2O7S2. The van der Waals surface area contributed by atoms with Crippen LogP contribution in [0.15, 0.2) is 17.0 Å². The Morgan fingerprint density at radius 1 is 1.31 bits per heavy atom. The van der Waals surface area contributed by atoms with Crippen LogP contribution in [0, 0.1) is 0 Å². The van der Waals surface area contributed by atoms with E-state index in [1.54, 1.807) is 6.08 Å². The second-order valence-corrected chi connectivity index (χ2v) is 7.61. The Balaban J connectivity index is 2.22. The van der Waals surface area contributed by atoms with Crippen molar-refractivity contribution in [1.29, 1.82) is 0 Å². The Hall–Kier alpha value is -2.79. The Labute approximate surface area is 176 Å². The molecule has 0 aromatic heterocycles. The minimum absolute atomic E-state index is 0.0454. The van der Waals surface area contributed by atoms with Crippen molar-refractivity contribution in [3.05, 3.63) is 22.6 Å². The maximum Gasteiger partial charge on any atom is 0.305 e. The molecular weight excluding hydrogens is 420 g/mol. The zero-order valence-corrected chi connectivity index (χ0v) is 17.6. The number of methoxy groups -OCH3 is 2. The van der Waals surface area contributed by atoms with Crippen molar-refractivity contribution in [2.24, 2.45) is 0 Å². The normalized spacial score (nSPS) is 16.1. The molecule has 1 heterocycles. The molecule has 0 radical (unpaired) electrons. The summed E-state index contributed by atoms with van der Waals surface area (Å²) in [5.41, 5.74) is 0.538. The van der Waals surface area contributed by atoms with E-state index >= 15 is 0 Å². The summed E-state index contributed by atoms with van der Waals surface area (Å²) in [5.74, 6) is -1.80. The molecule has 1 aliphatic rings. The monoisotopic (exact) mass is 440 g/mol. The summed E-state index contributed by atoms with van der Waals surface area (Å²) in [7, 11) is 2.78. The average Bonchev–Trinajstić information content (AvgIpc) is 2.95. The molecule has 1 aromatic carbocycles. The molecule has 1 atom stereocenters. The molecule has 3 N–H and O–H groups in total. The molecule has 0 spiro atoms. The predicted octanol–water partition coefficient (Wildman–Crippen LogP) is 1.59. The number of amides is 2. The van der Waals surface area contributed by atoms with E-state index in [-0.39, 0.29) is 39.4 Å². The topological polar surface area (TPSA) is 125 Å². The molecule has 0 aliphatic carbocycles. The lowest BCUT2D eigenvalue weighted by molar-refractivity contribution is -0.137. The largest absolute Gasteiger partial charge is 0.502 e. The van der Waals surface area contributed by atoms with Gasteiger partial charge in [-0.3, -0.25) is 19.3 Å². The standard InChI is InChI=1S/C18H20N2O7S2/c1-9(16(24)19-5-4-14(21)22)20-17(25)13(29-18(20)28)8-10-6-11(26-2)15(23)12(7-10)27-3/h6-9,23H,4-5H2,1-3H3,(H,19,24)(H,21,22)/b13-8-. The molecule has 0 saturated carbocycles. The van der Waals surface area contributed by atoms with Crippen LogP contribution in [0.2, 0.25) is 0 Å². The lowest BCUT2D eigenvalue weighted by Gasteiger charge is -2.22. The SMILES string of the molecule is COc1cc(/C=C2\SC(=S)N(C(C)C(=O)NCCC(=O)O)C2=O)cc(OC)c1O. The van der Waals surface area contributed by atoms with E-state index in [1.807, 2.05) is 0 Å². The number of carbonyl (C=O) groups excluding carboxylic acids is 2. The minimum atomic E-state index is -1.04. The first-order chi connectivity index (χ1) is 13.7. The van der Waals surface area contributed by atoms with E-state index in [4.69, 9.17) is 26.8 Å². The molecule has 2 amide bonds. The van der Waals surface area contributed by atoms with Gasteiger partial charge in [-0.2, -0.15) is 0 Å². The van der Waals surface area contributed by atoms with Gasteiger partial charge in [0.1, 0.15) is 10.4 Å². The molecule has 2 rings (SSSR count). The highest BCUT2D eigenvalue weighted by atomic mass is 32.2. The van der Waals surface area contributed by atoms with Crippen molar-refractivity contribution in [2.75, 3.05) is 20.8 Å². The third kappa shape index (κ3) is 5.18. The zero-order chi connectivity index (χ0) is 21.7. The number of carboxylic acids is 1. The number of aromatic hydroxyl groups is 1. The van der Waals surface area contributed by atoms with Gasteiger partial charge in [-0.05, 0) is 30.7 Å². The Morgan fingerprint density at radius 2 is 1.90 bits per heavy atom. The molecule has 1 unspecified atom stereocenters. The van der Waals surface area contributed by atoms with Crippen LogP contribution in [-0.4, -0.2) is 64.0 Å². The van der Waals surface area contributed by atoms with Crippen LogP contribution in [0.25, 0.3) is 6.08 Å². The van der Waals surface area contributed by atoms with Crippen molar-refractivity contribution >= 4 is 52.2 Å². The summed E-state index contributed by atoms with van der Waals surface area (Å²) in [4.78, 5) is 37.0. The number of nitrogens with one attached hydrogen (secondary N) is 1. The molecule has 1 aromatic rings. The predicted molar refractivity (Wildman–Crippen MR) is 111 cm³/mol. The van der Waals surface area contributed by atoms with Crippen LogP contribution >= 0.6 is 24.0 Å². The molecule has 29 heavy (non-hydrogen) atoms. The molecule has 1 saturated heterocycles. The number of ether oxygens (including phenoxy) is 2. The summed E-state index contributed by atoms with van der Waals surface area (Å²) >= 11 is 6.28. The smallest absolute Gasteiger partial charge is 0.305 e. The van der Waals surface area contributed by atoms with Crippen LogP contribution in [0.1, 0.15) is 18.9 Å². The molecule has 9 nitrogen and oxygen atoms in total. The van der Waals surface area contributed by atoms with Gasteiger partial charge in [0.2, 0.25) is 11.7 Å². The van der Waals surface area contributed by atoms with Crippen molar-refractivity contribution in [3.8, 4) is 17.2 Å². The number of benzene rings is 1. The number of rotatable bonds is 8. The summed E-state index contributed by atoms with van der Waals surface area (Å²) in [6.45, 7) is 1.46. The summed E-state index contributed by atoms with van der Waals surface area (Å²) in [6, 6.07) is 2.17. The van der Waals surface area contributed by atoms with Crippen LogP contribution in [0.4, 0.5) is 0 Å². The van der Waals surface area contributed by atoms with Crippen LogP contribution in [-0.2, 0) is 14.4 Å². The number of thiocarbonyl (C=S) groups is 1. The van der Waals surface area contributed by atoms with Crippen LogP contribution in [0.5, 0.6) is 17.2 Å². The van der Waals surface area contributed by atoms with Crippen molar-refractivity contribution in [1.82, 2.24) is 10.2 Å². The van der Waals surface area contributed by atoms with Gasteiger partial charge in [-0.1, -0.05) is 24.0 Å². The van der Waals surface area contributed by atoms with Gasteiger partial charge in [0.05, 0.1) is 25.5 Å². The van der Waals surface area contributed by atoms with E-state index < -0.39 is 23.8 Å². The summed E-state index contributed by atoms with van der Waals surface area (Å²) < 4.78 is 10.4.